The van der Waals surface area contributed by atoms with Crippen molar-refractivity contribution in [3.8, 4) is 10.6 Å². The van der Waals surface area contributed by atoms with Crippen LogP contribution in [0.2, 0.25) is 0 Å². The van der Waals surface area contributed by atoms with Gasteiger partial charge in [0.05, 0.1) is 6.54 Å². The number of nitrogens with zero attached hydrogens (tertiary/aromatic N) is 5. The van der Waals surface area contributed by atoms with Crippen LogP contribution < -0.4 is 5.32 Å². The first-order valence-corrected chi connectivity index (χ1v) is 7.11. The lowest BCUT2D eigenvalue weighted by Crippen LogP contribution is -2.22. The molecule has 7 heteroatoms. The number of hydrogen-bond acceptors (Lipinski definition) is 6. The Balaban J connectivity index is 1.65. The van der Waals surface area contributed by atoms with Gasteiger partial charge >= 0.3 is 0 Å². The van der Waals surface area contributed by atoms with E-state index in [-0.39, 0.29) is 6.04 Å². The van der Waals surface area contributed by atoms with Gasteiger partial charge in [-0.1, -0.05) is 41.7 Å². The van der Waals surface area contributed by atoms with Crippen LogP contribution in [0.15, 0.2) is 43.0 Å². The summed E-state index contributed by atoms with van der Waals surface area (Å²) in [6.45, 7) is 2.81. The lowest BCUT2D eigenvalue weighted by Gasteiger charge is -2.11. The van der Waals surface area contributed by atoms with E-state index < -0.39 is 0 Å². The zero-order valence-corrected chi connectivity index (χ0v) is 11.8. The third-order valence-electron chi connectivity index (χ3n) is 2.74. The molecule has 0 fully saturated rings. The summed E-state index contributed by atoms with van der Waals surface area (Å²) in [7, 11) is 0. The molecule has 0 bridgehead atoms. The maximum Gasteiger partial charge on any atom is 0.206 e. The van der Waals surface area contributed by atoms with E-state index in [0.717, 1.165) is 22.2 Å². The zero-order valence-electron chi connectivity index (χ0n) is 11.0. The lowest BCUT2D eigenvalue weighted by atomic mass is 10.2. The topological polar surface area (TPSA) is 68.5 Å². The van der Waals surface area contributed by atoms with Crippen molar-refractivity contribution in [3.05, 3.63) is 43.0 Å². The first-order chi connectivity index (χ1) is 9.81. The number of rotatable bonds is 5. The molecule has 1 atom stereocenters. The molecule has 0 radical (unpaired) electrons. The minimum Gasteiger partial charge on any atom is -0.356 e. The molecule has 0 saturated carbocycles. The van der Waals surface area contributed by atoms with Gasteiger partial charge in [0.2, 0.25) is 5.13 Å². The molecule has 20 heavy (non-hydrogen) atoms. The third-order valence-corrected chi connectivity index (χ3v) is 3.65. The van der Waals surface area contributed by atoms with Gasteiger partial charge in [0.15, 0.2) is 0 Å². The van der Waals surface area contributed by atoms with E-state index in [9.17, 15) is 0 Å². The fourth-order valence-corrected chi connectivity index (χ4v) is 2.70. The summed E-state index contributed by atoms with van der Waals surface area (Å²) in [6, 6.07) is 10.2. The van der Waals surface area contributed by atoms with E-state index in [1.54, 1.807) is 22.3 Å². The molecule has 2 aromatic heterocycles. The fourth-order valence-electron chi connectivity index (χ4n) is 1.84. The second-order valence-corrected chi connectivity index (χ2v) is 5.42. The molecule has 102 valence electrons. The largest absolute Gasteiger partial charge is 0.356 e. The summed E-state index contributed by atoms with van der Waals surface area (Å²) in [5, 5.41) is 17.5. The maximum absolute atomic E-state index is 4.21. The zero-order chi connectivity index (χ0) is 13.8. The Bertz CT molecular complexity index is 649. The summed E-state index contributed by atoms with van der Waals surface area (Å²) < 4.78 is 1.79. The van der Waals surface area contributed by atoms with Gasteiger partial charge in [-0.3, -0.25) is 4.68 Å². The molecule has 3 rings (SSSR count). The number of hydrogen-bond donors (Lipinski definition) is 1. The molecule has 2 heterocycles. The SMILES string of the molecule is CC(Cn1cncn1)Nc1nnc(-c2ccccc2)s1. The molecule has 6 nitrogen and oxygen atoms in total. The Labute approximate surface area is 120 Å². The van der Waals surface area contributed by atoms with E-state index in [1.165, 1.54) is 6.33 Å². The lowest BCUT2D eigenvalue weighted by molar-refractivity contribution is 0.559. The molecule has 1 aromatic carbocycles. The Morgan fingerprint density at radius 1 is 1.25 bits per heavy atom. The molecule has 0 spiro atoms. The van der Waals surface area contributed by atoms with Crippen LogP contribution in [0.3, 0.4) is 0 Å². The summed E-state index contributed by atoms with van der Waals surface area (Å²) in [5.41, 5.74) is 1.09. The van der Waals surface area contributed by atoms with Crippen molar-refractivity contribution in [2.75, 3.05) is 5.32 Å². The Morgan fingerprint density at radius 2 is 2.10 bits per heavy atom. The van der Waals surface area contributed by atoms with Crippen LogP contribution in [0.5, 0.6) is 0 Å². The van der Waals surface area contributed by atoms with Gasteiger partial charge in [0.25, 0.3) is 0 Å². The summed E-state index contributed by atoms with van der Waals surface area (Å²) in [4.78, 5) is 3.92. The second-order valence-electron chi connectivity index (χ2n) is 4.44. The van der Waals surface area contributed by atoms with Gasteiger partial charge in [-0.25, -0.2) is 4.98 Å². The Kier molecular flexibility index (Phi) is 3.69. The average Bonchev–Trinajstić information content (AvgIpc) is 3.11. The average molecular weight is 286 g/mol. The van der Waals surface area contributed by atoms with Gasteiger partial charge in [-0.2, -0.15) is 5.10 Å². The molecule has 0 aliphatic heterocycles. The molecule has 0 saturated heterocycles. The smallest absolute Gasteiger partial charge is 0.206 e. The Morgan fingerprint density at radius 3 is 2.85 bits per heavy atom. The van der Waals surface area contributed by atoms with Gasteiger partial charge in [0.1, 0.15) is 17.7 Å². The standard InChI is InChI=1S/C13H14N6S/c1-10(7-19-9-14-8-15-19)16-13-18-17-12(20-13)11-5-3-2-4-6-11/h2-6,8-10H,7H2,1H3,(H,16,18). The van der Waals surface area contributed by atoms with Crippen LogP contribution in [0.25, 0.3) is 10.6 Å². The van der Waals surface area contributed by atoms with Crippen LogP contribution in [-0.4, -0.2) is 31.0 Å². The molecule has 0 aliphatic carbocycles. The predicted octanol–water partition coefficient (Wildman–Crippen LogP) is 2.30. The van der Waals surface area contributed by atoms with Gasteiger partial charge in [-0.05, 0) is 6.92 Å². The minimum absolute atomic E-state index is 0.202. The quantitative estimate of drug-likeness (QED) is 0.779. The molecular weight excluding hydrogens is 272 g/mol. The number of nitrogens with one attached hydrogen (secondary N) is 1. The van der Waals surface area contributed by atoms with Crippen LogP contribution >= 0.6 is 11.3 Å². The highest BCUT2D eigenvalue weighted by molar-refractivity contribution is 7.18. The van der Waals surface area contributed by atoms with E-state index in [2.05, 4.69) is 32.5 Å². The molecule has 0 amide bonds. The predicted molar refractivity (Wildman–Crippen MR) is 78.5 cm³/mol. The van der Waals surface area contributed by atoms with E-state index >= 15 is 0 Å². The molecule has 0 aliphatic rings. The van der Waals surface area contributed by atoms with Crippen LogP contribution in [-0.2, 0) is 6.54 Å². The summed E-state index contributed by atoms with van der Waals surface area (Å²) in [6.07, 6.45) is 3.23. The number of aromatic nitrogens is 5. The maximum atomic E-state index is 4.21. The van der Waals surface area contributed by atoms with Crippen LogP contribution in [0.4, 0.5) is 5.13 Å². The van der Waals surface area contributed by atoms with E-state index in [0.29, 0.717) is 0 Å². The van der Waals surface area contributed by atoms with Crippen LogP contribution in [0, 0.1) is 0 Å². The summed E-state index contributed by atoms with van der Waals surface area (Å²) >= 11 is 1.55. The first kappa shape index (κ1) is 12.7. The minimum atomic E-state index is 0.202. The molecular formula is C13H14N6S. The molecule has 3 aromatic rings. The number of benzene rings is 1. The normalized spacial score (nSPS) is 12.2. The highest BCUT2D eigenvalue weighted by Crippen LogP contribution is 2.26. The van der Waals surface area contributed by atoms with Gasteiger partial charge in [0, 0.05) is 11.6 Å². The van der Waals surface area contributed by atoms with Crippen LogP contribution in [0.1, 0.15) is 6.92 Å². The first-order valence-electron chi connectivity index (χ1n) is 6.29. The van der Waals surface area contributed by atoms with Crippen molar-refractivity contribution >= 4 is 16.5 Å². The van der Waals surface area contributed by atoms with Gasteiger partial charge in [-0.15, -0.1) is 10.2 Å². The fraction of sp³-hybridized carbons (Fsp3) is 0.231. The third kappa shape index (κ3) is 3.00. The van der Waals surface area contributed by atoms with Crippen molar-refractivity contribution in [2.24, 2.45) is 0 Å². The van der Waals surface area contributed by atoms with Crippen molar-refractivity contribution in [3.63, 3.8) is 0 Å². The molecule has 1 unspecified atom stereocenters. The molecule has 1 N–H and O–H groups in total. The highest BCUT2D eigenvalue weighted by atomic mass is 32.1. The Hall–Kier alpha value is -2.28. The second kappa shape index (κ2) is 5.79. The van der Waals surface area contributed by atoms with Crippen molar-refractivity contribution < 1.29 is 0 Å². The van der Waals surface area contributed by atoms with E-state index in [1.807, 2.05) is 30.3 Å². The summed E-state index contributed by atoms with van der Waals surface area (Å²) in [5.74, 6) is 0. The monoisotopic (exact) mass is 286 g/mol. The van der Waals surface area contributed by atoms with Crippen molar-refractivity contribution in [1.82, 2.24) is 25.0 Å². The van der Waals surface area contributed by atoms with Crippen molar-refractivity contribution in [2.45, 2.75) is 19.5 Å². The van der Waals surface area contributed by atoms with Gasteiger partial charge < -0.3 is 5.32 Å². The van der Waals surface area contributed by atoms with E-state index in [4.69, 9.17) is 0 Å². The highest BCUT2D eigenvalue weighted by Gasteiger charge is 2.09. The number of anilines is 1. The van der Waals surface area contributed by atoms with Crippen molar-refractivity contribution in [1.29, 1.82) is 0 Å².